The lowest BCUT2D eigenvalue weighted by molar-refractivity contribution is 0.0476. The van der Waals surface area contributed by atoms with Crippen LogP contribution in [-0.2, 0) is 11.3 Å². The van der Waals surface area contributed by atoms with Crippen LogP contribution in [0, 0.1) is 6.92 Å². The Hall–Kier alpha value is -3.99. The van der Waals surface area contributed by atoms with Crippen LogP contribution in [0.1, 0.15) is 32.0 Å². The van der Waals surface area contributed by atoms with Gasteiger partial charge in [0, 0.05) is 16.6 Å². The minimum Gasteiger partial charge on any atom is -0.489 e. The maximum absolute atomic E-state index is 12.6. The maximum Gasteiger partial charge on any atom is 0.339 e. The predicted octanol–water partition coefficient (Wildman–Crippen LogP) is 5.16. The van der Waals surface area contributed by atoms with Gasteiger partial charge in [-0.1, -0.05) is 48.5 Å². The smallest absolute Gasteiger partial charge is 0.339 e. The summed E-state index contributed by atoms with van der Waals surface area (Å²) in [6.45, 7) is 1.93. The molecule has 0 saturated heterocycles. The van der Waals surface area contributed by atoms with Gasteiger partial charge in [-0.15, -0.1) is 0 Å². The SMILES string of the molecule is Cc1cc(C(=O)OCC(=O)c2ccc(OCc3ccccc3)cc2)c2ccccc2n1. The third-order valence-corrected chi connectivity index (χ3v) is 4.82. The lowest BCUT2D eigenvalue weighted by Gasteiger charge is -2.09. The number of aromatic nitrogens is 1. The molecule has 0 atom stereocenters. The van der Waals surface area contributed by atoms with Gasteiger partial charge in [0.15, 0.2) is 12.4 Å². The number of hydrogen-bond donors (Lipinski definition) is 0. The van der Waals surface area contributed by atoms with E-state index < -0.39 is 5.97 Å². The van der Waals surface area contributed by atoms with Crippen molar-refractivity contribution in [3.8, 4) is 5.75 Å². The van der Waals surface area contributed by atoms with Gasteiger partial charge in [-0.2, -0.15) is 0 Å². The van der Waals surface area contributed by atoms with E-state index in [1.165, 1.54) is 0 Å². The molecule has 1 heterocycles. The zero-order chi connectivity index (χ0) is 21.6. The maximum atomic E-state index is 12.6. The number of ketones is 1. The van der Waals surface area contributed by atoms with Gasteiger partial charge in [0.2, 0.25) is 0 Å². The molecule has 0 amide bonds. The summed E-state index contributed by atoms with van der Waals surface area (Å²) in [5.41, 5.74) is 3.35. The molecule has 0 spiro atoms. The molecule has 1 aromatic heterocycles. The highest BCUT2D eigenvalue weighted by Gasteiger charge is 2.16. The van der Waals surface area contributed by atoms with Crippen LogP contribution in [0.3, 0.4) is 0 Å². The molecule has 0 aliphatic rings. The van der Waals surface area contributed by atoms with Crippen LogP contribution in [0.4, 0.5) is 0 Å². The van der Waals surface area contributed by atoms with E-state index in [-0.39, 0.29) is 12.4 Å². The third-order valence-electron chi connectivity index (χ3n) is 4.82. The molecule has 0 fully saturated rings. The first-order chi connectivity index (χ1) is 15.1. The summed E-state index contributed by atoms with van der Waals surface area (Å²) < 4.78 is 11.0. The molecule has 0 bridgehead atoms. The zero-order valence-corrected chi connectivity index (χ0v) is 17.1. The number of carbonyl (C=O) groups excluding carboxylic acids is 2. The highest BCUT2D eigenvalue weighted by atomic mass is 16.5. The summed E-state index contributed by atoms with van der Waals surface area (Å²) in [4.78, 5) is 29.5. The Balaban J connectivity index is 1.37. The molecule has 5 heteroatoms. The Labute approximate surface area is 180 Å². The molecule has 0 aliphatic heterocycles. The van der Waals surface area contributed by atoms with Crippen LogP contribution in [0.2, 0.25) is 0 Å². The summed E-state index contributed by atoms with van der Waals surface area (Å²) in [5.74, 6) is -0.160. The first-order valence-electron chi connectivity index (χ1n) is 9.93. The Morgan fingerprint density at radius 3 is 2.35 bits per heavy atom. The van der Waals surface area contributed by atoms with E-state index in [2.05, 4.69) is 4.98 Å². The largest absolute Gasteiger partial charge is 0.489 e. The van der Waals surface area contributed by atoms with Gasteiger partial charge >= 0.3 is 5.97 Å². The second kappa shape index (κ2) is 9.22. The normalized spacial score (nSPS) is 10.6. The fraction of sp³-hybridized carbons (Fsp3) is 0.115. The van der Waals surface area contributed by atoms with Gasteiger partial charge in [-0.3, -0.25) is 9.78 Å². The van der Waals surface area contributed by atoms with Crippen molar-refractivity contribution < 1.29 is 19.1 Å². The fourth-order valence-electron chi connectivity index (χ4n) is 3.25. The van der Waals surface area contributed by atoms with Gasteiger partial charge in [-0.25, -0.2) is 4.79 Å². The van der Waals surface area contributed by atoms with E-state index in [9.17, 15) is 9.59 Å². The minimum absolute atomic E-state index is 0.280. The number of Topliss-reactive ketones (excluding diaryl/α,β-unsaturated/α-hetero) is 1. The molecule has 0 N–H and O–H groups in total. The fourth-order valence-corrected chi connectivity index (χ4v) is 3.25. The number of ether oxygens (including phenoxy) is 2. The number of hydrogen-bond acceptors (Lipinski definition) is 5. The van der Waals surface area contributed by atoms with Crippen molar-refractivity contribution in [2.45, 2.75) is 13.5 Å². The van der Waals surface area contributed by atoms with E-state index in [4.69, 9.17) is 9.47 Å². The van der Waals surface area contributed by atoms with Crippen LogP contribution in [0.5, 0.6) is 5.75 Å². The molecule has 0 aliphatic carbocycles. The molecule has 0 saturated carbocycles. The number of benzene rings is 3. The van der Waals surface area contributed by atoms with Crippen LogP contribution >= 0.6 is 0 Å². The van der Waals surface area contributed by atoms with E-state index >= 15 is 0 Å². The highest BCUT2D eigenvalue weighted by molar-refractivity contribution is 6.05. The second-order valence-electron chi connectivity index (χ2n) is 7.13. The first kappa shape index (κ1) is 20.3. The number of rotatable bonds is 7. The van der Waals surface area contributed by atoms with Gasteiger partial charge in [0.05, 0.1) is 11.1 Å². The molecular formula is C26H21NO4. The van der Waals surface area contributed by atoms with Crippen molar-refractivity contribution in [1.29, 1.82) is 0 Å². The molecule has 4 aromatic rings. The molecule has 3 aromatic carbocycles. The Morgan fingerprint density at radius 1 is 0.871 bits per heavy atom. The van der Waals surface area contributed by atoms with Crippen molar-refractivity contribution >= 4 is 22.7 Å². The van der Waals surface area contributed by atoms with Gasteiger partial charge in [0.25, 0.3) is 0 Å². The number of nitrogens with zero attached hydrogens (tertiary/aromatic N) is 1. The molecule has 31 heavy (non-hydrogen) atoms. The molecule has 0 unspecified atom stereocenters. The summed E-state index contributed by atoms with van der Waals surface area (Å²) in [6, 6.07) is 25.7. The molecular weight excluding hydrogens is 390 g/mol. The van der Waals surface area contributed by atoms with E-state index in [1.54, 1.807) is 30.3 Å². The number of aryl methyl sites for hydroxylation is 1. The second-order valence-corrected chi connectivity index (χ2v) is 7.13. The number of carbonyl (C=O) groups is 2. The predicted molar refractivity (Wildman–Crippen MR) is 118 cm³/mol. The zero-order valence-electron chi connectivity index (χ0n) is 17.1. The van der Waals surface area contributed by atoms with E-state index in [0.29, 0.717) is 40.1 Å². The first-order valence-corrected chi connectivity index (χ1v) is 9.93. The third kappa shape index (κ3) is 4.95. The van der Waals surface area contributed by atoms with Crippen molar-refractivity contribution in [3.63, 3.8) is 0 Å². The number of esters is 1. The van der Waals surface area contributed by atoms with Gasteiger partial charge < -0.3 is 9.47 Å². The average molecular weight is 411 g/mol. The number of para-hydroxylation sites is 1. The van der Waals surface area contributed by atoms with Crippen LogP contribution in [-0.4, -0.2) is 23.3 Å². The summed E-state index contributed by atoms with van der Waals surface area (Å²) in [5, 5.41) is 0.700. The minimum atomic E-state index is -0.544. The number of pyridine rings is 1. The van der Waals surface area contributed by atoms with E-state index in [1.807, 2.05) is 61.5 Å². The van der Waals surface area contributed by atoms with Gasteiger partial charge in [-0.05, 0) is 48.9 Å². The Bertz CT molecular complexity index is 1220. The monoisotopic (exact) mass is 411 g/mol. The molecule has 154 valence electrons. The van der Waals surface area contributed by atoms with Crippen molar-refractivity contribution in [1.82, 2.24) is 4.98 Å². The van der Waals surface area contributed by atoms with E-state index in [0.717, 1.165) is 5.56 Å². The Morgan fingerprint density at radius 2 is 1.58 bits per heavy atom. The highest BCUT2D eigenvalue weighted by Crippen LogP contribution is 2.19. The summed E-state index contributed by atoms with van der Waals surface area (Å²) in [6.07, 6.45) is 0. The van der Waals surface area contributed by atoms with Crippen molar-refractivity contribution in [3.05, 3.63) is 107 Å². The summed E-state index contributed by atoms with van der Waals surface area (Å²) in [7, 11) is 0. The van der Waals surface area contributed by atoms with Gasteiger partial charge in [0.1, 0.15) is 12.4 Å². The summed E-state index contributed by atoms with van der Waals surface area (Å²) >= 11 is 0. The Kier molecular flexibility index (Phi) is 6.03. The lowest BCUT2D eigenvalue weighted by atomic mass is 10.1. The van der Waals surface area contributed by atoms with Crippen LogP contribution < -0.4 is 4.74 Å². The lowest BCUT2D eigenvalue weighted by Crippen LogP contribution is -2.15. The van der Waals surface area contributed by atoms with Crippen LogP contribution in [0.15, 0.2) is 84.9 Å². The average Bonchev–Trinajstić information content (AvgIpc) is 2.81. The van der Waals surface area contributed by atoms with Crippen molar-refractivity contribution in [2.75, 3.05) is 6.61 Å². The topological polar surface area (TPSA) is 65.5 Å². The van der Waals surface area contributed by atoms with Crippen LogP contribution in [0.25, 0.3) is 10.9 Å². The number of fused-ring (bicyclic) bond motifs is 1. The molecule has 0 radical (unpaired) electrons. The molecule has 4 rings (SSSR count). The van der Waals surface area contributed by atoms with Crippen molar-refractivity contribution in [2.24, 2.45) is 0 Å². The standard InChI is InChI=1S/C26H21NO4/c1-18-15-23(22-9-5-6-10-24(22)27-18)26(29)31-17-25(28)20-11-13-21(14-12-20)30-16-19-7-3-2-4-8-19/h2-15H,16-17H2,1H3. The molecule has 5 nitrogen and oxygen atoms in total. The quantitative estimate of drug-likeness (QED) is 0.310.